The smallest absolute Gasteiger partial charge is 0.394 e. The molecule has 0 amide bonds. The molecule has 5 nitrogen and oxygen atoms in total. The van der Waals surface area contributed by atoms with Gasteiger partial charge in [-0.25, -0.2) is 0 Å². The molecule has 0 unspecified atom stereocenters. The largest absolute Gasteiger partial charge is 0.422 e. The lowest BCUT2D eigenvalue weighted by atomic mass is 10.1. The van der Waals surface area contributed by atoms with Gasteiger partial charge in [-0.2, -0.15) is 13.2 Å². The van der Waals surface area contributed by atoms with Gasteiger partial charge in [-0.15, -0.1) is 0 Å². The number of halogens is 3. The molecular formula is C15H15F3N3O2+. The van der Waals surface area contributed by atoms with Gasteiger partial charge in [0.1, 0.15) is 23.2 Å². The molecule has 1 aromatic carbocycles. The van der Waals surface area contributed by atoms with Crippen LogP contribution in [-0.2, 0) is 15.8 Å². The maximum atomic E-state index is 12.8. The van der Waals surface area contributed by atoms with Crippen LogP contribution in [0.2, 0.25) is 0 Å². The molecule has 0 bridgehead atoms. The van der Waals surface area contributed by atoms with E-state index in [1.54, 1.807) is 7.05 Å². The van der Waals surface area contributed by atoms with E-state index in [1.165, 1.54) is 24.4 Å². The summed E-state index contributed by atoms with van der Waals surface area (Å²) >= 11 is 0. The molecule has 8 heteroatoms. The number of nitrogens with two attached hydrogens (primary N) is 1. The molecule has 1 rings (SSSR count). The monoisotopic (exact) mass is 326 g/mol. The Morgan fingerprint density at radius 1 is 1.17 bits per heavy atom. The molecule has 1 aromatic rings. The first-order chi connectivity index (χ1) is 10.8. The van der Waals surface area contributed by atoms with Gasteiger partial charge >= 0.3 is 6.18 Å². The highest BCUT2D eigenvalue weighted by Crippen LogP contribution is 2.32. The van der Waals surface area contributed by atoms with Gasteiger partial charge in [-0.05, 0) is 6.07 Å². The third kappa shape index (κ3) is 5.51. The van der Waals surface area contributed by atoms with Crippen molar-refractivity contribution in [2.75, 3.05) is 7.05 Å². The first-order valence-corrected chi connectivity index (χ1v) is 6.46. The summed E-state index contributed by atoms with van der Waals surface area (Å²) < 4.78 is 38.3. The van der Waals surface area contributed by atoms with E-state index in [0.29, 0.717) is 0 Å². The van der Waals surface area contributed by atoms with Gasteiger partial charge in [0.25, 0.3) is 0 Å². The maximum Gasteiger partial charge on any atom is 0.422 e. The predicted molar refractivity (Wildman–Crippen MR) is 78.1 cm³/mol. The van der Waals surface area contributed by atoms with Gasteiger partial charge in [0.15, 0.2) is 0 Å². The minimum absolute atomic E-state index is 0.114. The molecular weight excluding hydrogens is 311 g/mol. The standard InChI is InChI=1S/C15H14F3N3O2/c1-20-8-6-12(22)14(19)13(23)7-9-21-11-5-3-2-4-10(11)15(16,17)18/h2-9,19-21H,1H3/p+1/b8-6+,9-7-,19-14?. The van der Waals surface area contributed by atoms with E-state index < -0.39 is 29.0 Å². The highest BCUT2D eigenvalue weighted by Gasteiger charge is 2.34. The van der Waals surface area contributed by atoms with Crippen molar-refractivity contribution in [1.82, 2.24) is 5.32 Å². The predicted octanol–water partition coefficient (Wildman–Crippen LogP) is 1.31. The number of alkyl halides is 3. The minimum Gasteiger partial charge on any atom is -0.394 e. The van der Waals surface area contributed by atoms with Crippen LogP contribution in [0.5, 0.6) is 0 Å². The quantitative estimate of drug-likeness (QED) is 0.305. The summed E-state index contributed by atoms with van der Waals surface area (Å²) in [5, 5.41) is 11.0. The molecule has 0 aliphatic carbocycles. The van der Waals surface area contributed by atoms with Crippen molar-refractivity contribution in [3.05, 3.63) is 54.4 Å². The number of nitrogens with one attached hydrogen (secondary N) is 2. The number of hydrogen-bond acceptors (Lipinski definition) is 4. The summed E-state index contributed by atoms with van der Waals surface area (Å²) in [5.41, 5.74) is -1.72. The highest BCUT2D eigenvalue weighted by molar-refractivity contribution is 6.69. The SMILES string of the molecule is CN/C=C/C(=O)C(=N)C(=O)/C=C\[NH2+]c1ccccc1C(F)(F)F. The Labute approximate surface area is 130 Å². The summed E-state index contributed by atoms with van der Waals surface area (Å²) in [6.07, 6.45) is -0.279. The number of carbonyl (C=O) groups excluding carboxylic acids is 2. The van der Waals surface area contributed by atoms with Crippen molar-refractivity contribution in [1.29, 1.82) is 5.41 Å². The Kier molecular flexibility index (Phi) is 6.40. The van der Waals surface area contributed by atoms with Crippen LogP contribution in [0, 0.1) is 5.41 Å². The van der Waals surface area contributed by atoms with Crippen LogP contribution in [0.25, 0.3) is 0 Å². The van der Waals surface area contributed by atoms with Crippen molar-refractivity contribution in [3.63, 3.8) is 0 Å². The van der Waals surface area contributed by atoms with E-state index in [0.717, 1.165) is 29.7 Å². The van der Waals surface area contributed by atoms with Crippen molar-refractivity contribution in [3.8, 4) is 0 Å². The van der Waals surface area contributed by atoms with Crippen molar-refractivity contribution >= 4 is 23.0 Å². The van der Waals surface area contributed by atoms with Crippen LogP contribution in [-0.4, -0.2) is 24.3 Å². The number of ketones is 2. The average molecular weight is 326 g/mol. The summed E-state index contributed by atoms with van der Waals surface area (Å²) in [5.74, 6) is -1.69. The lowest BCUT2D eigenvalue weighted by Crippen LogP contribution is -2.71. The molecule has 0 heterocycles. The van der Waals surface area contributed by atoms with Crippen LogP contribution >= 0.6 is 0 Å². The zero-order chi connectivity index (χ0) is 17.5. The second-order valence-electron chi connectivity index (χ2n) is 4.34. The van der Waals surface area contributed by atoms with Gasteiger partial charge in [-0.3, -0.25) is 20.3 Å². The molecule has 4 N–H and O–H groups in total. The first kappa shape index (κ1) is 18.3. The van der Waals surface area contributed by atoms with E-state index in [4.69, 9.17) is 5.41 Å². The van der Waals surface area contributed by atoms with Gasteiger partial charge in [0, 0.05) is 31.5 Å². The number of rotatable bonds is 7. The van der Waals surface area contributed by atoms with Crippen LogP contribution in [0.4, 0.5) is 18.9 Å². The second kappa shape index (κ2) is 8.04. The third-order valence-electron chi connectivity index (χ3n) is 2.68. The number of quaternary nitrogens is 1. The van der Waals surface area contributed by atoms with Crippen LogP contribution < -0.4 is 10.6 Å². The van der Waals surface area contributed by atoms with Crippen LogP contribution in [0.3, 0.4) is 0 Å². The molecule has 0 saturated heterocycles. The Bertz CT molecular complexity index is 664. The Morgan fingerprint density at radius 3 is 2.39 bits per heavy atom. The van der Waals surface area contributed by atoms with Gasteiger partial charge in [-0.1, -0.05) is 12.1 Å². The van der Waals surface area contributed by atoms with E-state index in [-0.39, 0.29) is 5.69 Å². The van der Waals surface area contributed by atoms with Gasteiger partial charge < -0.3 is 5.32 Å². The van der Waals surface area contributed by atoms with Crippen LogP contribution in [0.15, 0.2) is 48.8 Å². The summed E-state index contributed by atoms with van der Waals surface area (Å²) in [6, 6.07) is 4.88. The maximum absolute atomic E-state index is 12.8. The van der Waals surface area contributed by atoms with E-state index in [1.807, 2.05) is 0 Å². The van der Waals surface area contributed by atoms with E-state index >= 15 is 0 Å². The van der Waals surface area contributed by atoms with Crippen molar-refractivity contribution < 1.29 is 28.1 Å². The fourth-order valence-corrected chi connectivity index (χ4v) is 1.59. The summed E-state index contributed by atoms with van der Waals surface area (Å²) in [4.78, 5) is 23.0. The molecule has 0 spiro atoms. The lowest BCUT2D eigenvalue weighted by Gasteiger charge is -2.08. The molecule has 23 heavy (non-hydrogen) atoms. The molecule has 0 saturated carbocycles. The number of benzene rings is 1. The molecule has 0 aromatic heterocycles. The van der Waals surface area contributed by atoms with Gasteiger partial charge in [0.2, 0.25) is 11.6 Å². The Hall–Kier alpha value is -2.74. The molecule has 0 atom stereocenters. The Balaban J connectivity index is 2.77. The fourth-order valence-electron chi connectivity index (χ4n) is 1.59. The lowest BCUT2D eigenvalue weighted by molar-refractivity contribution is -0.498. The first-order valence-electron chi connectivity index (χ1n) is 6.46. The zero-order valence-electron chi connectivity index (χ0n) is 12.1. The van der Waals surface area contributed by atoms with Gasteiger partial charge in [0.05, 0.1) is 0 Å². The molecule has 0 radical (unpaired) electrons. The highest BCUT2D eigenvalue weighted by atomic mass is 19.4. The minimum atomic E-state index is -4.51. The fraction of sp³-hybridized carbons (Fsp3) is 0.133. The van der Waals surface area contributed by atoms with Crippen molar-refractivity contribution in [2.24, 2.45) is 0 Å². The van der Waals surface area contributed by atoms with E-state index in [2.05, 4.69) is 5.32 Å². The summed E-state index contributed by atoms with van der Waals surface area (Å²) in [7, 11) is 1.54. The Morgan fingerprint density at radius 2 is 1.78 bits per heavy atom. The summed E-state index contributed by atoms with van der Waals surface area (Å²) in [6.45, 7) is 0. The topological polar surface area (TPSA) is 86.6 Å². The normalized spacial score (nSPS) is 11.8. The molecule has 0 aliphatic heterocycles. The second-order valence-corrected chi connectivity index (χ2v) is 4.34. The number of allylic oxidation sites excluding steroid dienone is 2. The van der Waals surface area contributed by atoms with Crippen LogP contribution in [0.1, 0.15) is 5.56 Å². The zero-order valence-corrected chi connectivity index (χ0v) is 12.1. The van der Waals surface area contributed by atoms with E-state index in [9.17, 15) is 22.8 Å². The molecule has 122 valence electrons. The average Bonchev–Trinajstić information content (AvgIpc) is 2.51. The molecule has 0 fully saturated rings. The number of hydrogen-bond donors (Lipinski definition) is 3. The molecule has 0 aliphatic rings. The van der Waals surface area contributed by atoms with Crippen molar-refractivity contribution in [2.45, 2.75) is 6.18 Å². The number of carbonyl (C=O) groups is 2. The third-order valence-corrected chi connectivity index (χ3v) is 2.68. The number of para-hydroxylation sites is 1.